The van der Waals surface area contributed by atoms with Gasteiger partial charge in [0.1, 0.15) is 0 Å². The Kier molecular flexibility index (Phi) is 5.88. The van der Waals surface area contributed by atoms with Gasteiger partial charge in [-0.1, -0.05) is 0 Å². The molecule has 1 aromatic rings. The van der Waals surface area contributed by atoms with E-state index in [0.29, 0.717) is 0 Å². The summed E-state index contributed by atoms with van der Waals surface area (Å²) in [5.41, 5.74) is 3.31. The van der Waals surface area contributed by atoms with E-state index >= 15 is 0 Å². The van der Waals surface area contributed by atoms with Crippen LogP contribution in [-0.2, 0) is 8.94 Å². The van der Waals surface area contributed by atoms with Crippen molar-refractivity contribution in [2.24, 2.45) is 0 Å². The molecule has 0 saturated carbocycles. The first-order valence-electron chi connectivity index (χ1n) is 4.74. The standard InChI is InChI=1S/C12H20Te2/c1-13(2)9-11-7-5-6-8-12(11)10-14(3)4/h5-8H,9-10H2,1-4H3/q+2. The van der Waals surface area contributed by atoms with E-state index in [4.69, 9.17) is 0 Å². The van der Waals surface area contributed by atoms with Gasteiger partial charge in [-0.15, -0.1) is 0 Å². The zero-order chi connectivity index (χ0) is 10.6. The van der Waals surface area contributed by atoms with Crippen molar-refractivity contribution in [3.8, 4) is 0 Å². The molecule has 0 unspecified atom stereocenters. The van der Waals surface area contributed by atoms with E-state index in [1.165, 1.54) is 8.94 Å². The summed E-state index contributed by atoms with van der Waals surface area (Å²) in [5.74, 6) is 0. The molecular formula is C12H20Te2+2. The normalized spacial score (nSPS) is 11.3. The van der Waals surface area contributed by atoms with E-state index < -0.39 is 39.1 Å². The molecule has 0 aliphatic heterocycles. The van der Waals surface area contributed by atoms with Gasteiger partial charge in [-0.25, -0.2) is 0 Å². The zero-order valence-corrected chi connectivity index (χ0v) is 14.2. The number of benzene rings is 1. The molecule has 0 saturated heterocycles. The van der Waals surface area contributed by atoms with Crippen molar-refractivity contribution in [2.75, 3.05) is 0 Å². The molecule has 0 atom stereocenters. The summed E-state index contributed by atoms with van der Waals surface area (Å²) in [6.45, 7) is 0. The average molecular weight is 419 g/mol. The summed E-state index contributed by atoms with van der Waals surface area (Å²) >= 11 is -1.45. The molecule has 0 radical (unpaired) electrons. The fraction of sp³-hybridized carbons (Fsp3) is 0.500. The Morgan fingerprint density at radius 2 is 1.14 bits per heavy atom. The van der Waals surface area contributed by atoms with Crippen LogP contribution in [0.2, 0.25) is 19.9 Å². The van der Waals surface area contributed by atoms with Crippen molar-refractivity contribution in [1.29, 1.82) is 0 Å². The first kappa shape index (κ1) is 12.9. The Morgan fingerprint density at radius 1 is 0.786 bits per heavy atom. The summed E-state index contributed by atoms with van der Waals surface area (Å²) in [7, 11) is 0. The van der Waals surface area contributed by atoms with Crippen molar-refractivity contribution < 1.29 is 0 Å². The summed E-state index contributed by atoms with van der Waals surface area (Å²) in [6, 6.07) is 9.09. The number of hydrogen-bond acceptors (Lipinski definition) is 0. The minimum absolute atomic E-state index is 0.726. The predicted molar refractivity (Wildman–Crippen MR) is 68.8 cm³/mol. The molecule has 2 heteroatoms. The van der Waals surface area contributed by atoms with E-state index in [0.717, 1.165) is 0 Å². The number of hydrogen-bond donors (Lipinski definition) is 0. The van der Waals surface area contributed by atoms with Crippen molar-refractivity contribution in [3.63, 3.8) is 0 Å². The van der Waals surface area contributed by atoms with Gasteiger partial charge >= 0.3 is 103 Å². The summed E-state index contributed by atoms with van der Waals surface area (Å²) in [5, 5.41) is 0. The second-order valence-electron chi connectivity index (χ2n) is 4.03. The fourth-order valence-electron chi connectivity index (χ4n) is 1.46. The van der Waals surface area contributed by atoms with E-state index in [1.54, 1.807) is 11.1 Å². The molecule has 0 N–H and O–H groups in total. The molecule has 1 aromatic carbocycles. The van der Waals surface area contributed by atoms with Gasteiger partial charge in [0, 0.05) is 0 Å². The maximum absolute atomic E-state index is 2.47. The predicted octanol–water partition coefficient (Wildman–Crippen LogP) is 3.36. The molecule has 0 nitrogen and oxygen atoms in total. The fourth-order valence-corrected chi connectivity index (χ4v) is 6.62. The van der Waals surface area contributed by atoms with E-state index in [2.05, 4.69) is 44.2 Å². The molecule has 78 valence electrons. The number of rotatable bonds is 4. The third-order valence-corrected chi connectivity index (χ3v) is 7.08. The molecule has 14 heavy (non-hydrogen) atoms. The van der Waals surface area contributed by atoms with Crippen LogP contribution in [0.1, 0.15) is 11.1 Å². The third kappa shape index (κ3) is 4.55. The zero-order valence-electron chi connectivity index (χ0n) is 9.54. The molecule has 0 amide bonds. The van der Waals surface area contributed by atoms with Crippen LogP contribution < -0.4 is 0 Å². The van der Waals surface area contributed by atoms with Gasteiger partial charge < -0.3 is 0 Å². The van der Waals surface area contributed by atoms with E-state index in [9.17, 15) is 0 Å². The Bertz CT molecular complexity index is 250. The van der Waals surface area contributed by atoms with Crippen LogP contribution in [0.4, 0.5) is 0 Å². The Morgan fingerprint density at radius 3 is 1.43 bits per heavy atom. The van der Waals surface area contributed by atoms with Gasteiger partial charge in [-0.2, -0.15) is 0 Å². The third-order valence-electron chi connectivity index (χ3n) is 2.01. The Hall–Kier alpha value is 0.799. The second kappa shape index (κ2) is 6.40. The average Bonchev–Trinajstić information content (AvgIpc) is 2.06. The minimum atomic E-state index is -0.726. The van der Waals surface area contributed by atoms with Gasteiger partial charge in [0.2, 0.25) is 0 Å². The van der Waals surface area contributed by atoms with Crippen LogP contribution in [0, 0.1) is 0 Å². The van der Waals surface area contributed by atoms with E-state index in [1.807, 2.05) is 0 Å². The van der Waals surface area contributed by atoms with Crippen LogP contribution in [0.25, 0.3) is 0 Å². The van der Waals surface area contributed by atoms with Crippen LogP contribution in [0.15, 0.2) is 24.3 Å². The van der Waals surface area contributed by atoms with Gasteiger partial charge in [0.25, 0.3) is 0 Å². The molecule has 0 aliphatic carbocycles. The van der Waals surface area contributed by atoms with Gasteiger partial charge in [0.05, 0.1) is 0 Å². The van der Waals surface area contributed by atoms with Gasteiger partial charge in [0.15, 0.2) is 0 Å². The summed E-state index contributed by atoms with van der Waals surface area (Å²) in [6.07, 6.45) is 0. The van der Waals surface area contributed by atoms with Crippen molar-refractivity contribution >= 4 is 39.1 Å². The SMILES string of the molecule is C[Te+](C)Cc1ccccc1C[Te+](C)C. The van der Waals surface area contributed by atoms with Crippen molar-refractivity contribution in [3.05, 3.63) is 35.4 Å². The van der Waals surface area contributed by atoms with Crippen LogP contribution in [0.3, 0.4) is 0 Å². The van der Waals surface area contributed by atoms with Crippen molar-refractivity contribution in [2.45, 2.75) is 28.8 Å². The first-order valence-corrected chi connectivity index (χ1v) is 17.4. The molecular weight excluding hydrogens is 399 g/mol. The Labute approximate surface area is 102 Å². The maximum atomic E-state index is 2.47. The molecule has 0 bridgehead atoms. The van der Waals surface area contributed by atoms with Crippen LogP contribution in [-0.4, -0.2) is 39.1 Å². The van der Waals surface area contributed by atoms with Crippen LogP contribution >= 0.6 is 0 Å². The first-order chi connectivity index (χ1) is 6.59. The Balaban J connectivity index is 2.80. The summed E-state index contributed by atoms with van der Waals surface area (Å²) < 4.78 is 2.82. The van der Waals surface area contributed by atoms with Crippen molar-refractivity contribution in [1.82, 2.24) is 0 Å². The molecule has 0 fully saturated rings. The summed E-state index contributed by atoms with van der Waals surface area (Å²) in [4.78, 5) is 9.87. The van der Waals surface area contributed by atoms with Gasteiger partial charge in [-0.3, -0.25) is 0 Å². The molecule has 0 aliphatic rings. The topological polar surface area (TPSA) is 0 Å². The van der Waals surface area contributed by atoms with Crippen LogP contribution in [0.5, 0.6) is 0 Å². The van der Waals surface area contributed by atoms with E-state index in [-0.39, 0.29) is 0 Å². The van der Waals surface area contributed by atoms with Gasteiger partial charge in [-0.05, 0) is 0 Å². The monoisotopic (exact) mass is 424 g/mol. The molecule has 0 spiro atoms. The molecule has 0 aromatic heterocycles. The molecule has 0 heterocycles. The molecule has 1 rings (SSSR count). The quantitative estimate of drug-likeness (QED) is 0.657. The second-order valence-corrected chi connectivity index (χ2v) is 16.9.